The first-order chi connectivity index (χ1) is 20.9. The molecule has 43 heavy (non-hydrogen) atoms. The Balaban J connectivity index is 1.06. The van der Waals surface area contributed by atoms with Gasteiger partial charge in [0.2, 0.25) is 11.1 Å². The van der Waals surface area contributed by atoms with Crippen molar-refractivity contribution in [1.82, 2.24) is 29.5 Å². The fourth-order valence-electron chi connectivity index (χ4n) is 5.80. The van der Waals surface area contributed by atoms with Crippen LogP contribution in [0.5, 0.6) is 0 Å². The van der Waals surface area contributed by atoms with Crippen LogP contribution in [0.2, 0.25) is 0 Å². The third-order valence-corrected chi connectivity index (χ3v) is 9.01. The molecule has 0 N–H and O–H groups in total. The van der Waals surface area contributed by atoms with Gasteiger partial charge in [0.15, 0.2) is 5.65 Å². The molecule has 1 aliphatic heterocycles. The number of nitrogens with zero attached hydrogens (tertiary/aromatic N) is 6. The predicted molar refractivity (Wildman–Crippen MR) is 171 cm³/mol. The van der Waals surface area contributed by atoms with Crippen molar-refractivity contribution in [1.29, 1.82) is 0 Å². The summed E-state index contributed by atoms with van der Waals surface area (Å²) in [6, 6.07) is 24.4. The molecule has 8 nitrogen and oxygen atoms in total. The maximum atomic E-state index is 13.0. The molecule has 0 bridgehead atoms. The Kier molecular flexibility index (Phi) is 8.42. The van der Waals surface area contributed by atoms with Crippen molar-refractivity contribution in [3.05, 3.63) is 95.1 Å². The summed E-state index contributed by atoms with van der Waals surface area (Å²) in [5, 5.41) is 10.6. The lowest BCUT2D eigenvalue weighted by molar-refractivity contribution is -0.133. The zero-order valence-corrected chi connectivity index (χ0v) is 25.7. The van der Waals surface area contributed by atoms with Gasteiger partial charge in [0.1, 0.15) is 5.52 Å². The molecule has 3 aromatic carbocycles. The molecule has 1 saturated heterocycles. The van der Waals surface area contributed by atoms with Crippen LogP contribution in [0, 0.1) is 13.8 Å². The van der Waals surface area contributed by atoms with Crippen molar-refractivity contribution >= 4 is 45.6 Å². The molecule has 220 valence electrons. The van der Waals surface area contributed by atoms with Gasteiger partial charge in [-0.15, -0.1) is 10.2 Å². The first-order valence-electron chi connectivity index (χ1n) is 14.8. The van der Waals surface area contributed by atoms with Crippen LogP contribution in [0.1, 0.15) is 46.8 Å². The molecule has 0 spiro atoms. The van der Waals surface area contributed by atoms with E-state index in [4.69, 9.17) is 4.98 Å². The molecule has 1 unspecified atom stereocenters. The topological polar surface area (TPSA) is 84.2 Å². The van der Waals surface area contributed by atoms with E-state index in [2.05, 4.69) is 58.1 Å². The molecule has 6 rings (SSSR count). The molecule has 0 radical (unpaired) electrons. The van der Waals surface area contributed by atoms with Crippen molar-refractivity contribution in [2.45, 2.75) is 51.4 Å². The summed E-state index contributed by atoms with van der Waals surface area (Å²) in [6.07, 6.45) is 1.17. The fourth-order valence-corrected chi connectivity index (χ4v) is 6.52. The van der Waals surface area contributed by atoms with Gasteiger partial charge in [-0.3, -0.25) is 9.59 Å². The van der Waals surface area contributed by atoms with Crippen LogP contribution in [0.3, 0.4) is 0 Å². The maximum Gasteiger partial charge on any atom is 0.254 e. The van der Waals surface area contributed by atoms with Crippen molar-refractivity contribution in [3.8, 4) is 0 Å². The van der Waals surface area contributed by atoms with Crippen molar-refractivity contribution in [3.63, 3.8) is 0 Å². The van der Waals surface area contributed by atoms with Crippen LogP contribution in [-0.2, 0) is 11.3 Å². The fraction of sp³-hybridized carbons (Fsp3) is 0.324. The summed E-state index contributed by atoms with van der Waals surface area (Å²) >= 11 is 1.53. The zero-order chi connectivity index (χ0) is 29.9. The minimum atomic E-state index is -0.0290. The van der Waals surface area contributed by atoms with Gasteiger partial charge >= 0.3 is 0 Å². The molecule has 0 saturated carbocycles. The molecule has 9 heteroatoms. The van der Waals surface area contributed by atoms with E-state index in [-0.39, 0.29) is 17.9 Å². The summed E-state index contributed by atoms with van der Waals surface area (Å²) in [7, 11) is 0. The highest BCUT2D eigenvalue weighted by Crippen LogP contribution is 2.28. The number of rotatable bonds is 8. The normalized spacial score (nSPS) is 15.4. The van der Waals surface area contributed by atoms with Crippen molar-refractivity contribution in [2.75, 3.05) is 25.4 Å². The molecule has 1 atom stereocenters. The number of hydrogen-bond donors (Lipinski definition) is 0. The standard InChI is InChI=1S/C34H36N6O2S/c1-23-13-15-27(16-14-23)33(42)39-18-17-38(21-25(39)3)30(41)12-7-19-43-34-35-32-31(36-37-34)28-10-4-5-11-29(28)40(32)22-26-9-6-8-24(2)20-26/h4-6,8-11,13-16,20,25H,7,12,17-19,21-22H2,1-3H3. The Morgan fingerprint density at radius 2 is 1.74 bits per heavy atom. The third-order valence-electron chi connectivity index (χ3n) is 8.08. The summed E-state index contributed by atoms with van der Waals surface area (Å²) in [4.78, 5) is 34.7. The van der Waals surface area contributed by atoms with E-state index in [1.54, 1.807) is 0 Å². The Labute approximate surface area is 256 Å². The number of benzene rings is 3. The van der Waals surface area contributed by atoms with Gasteiger partial charge in [-0.1, -0.05) is 77.5 Å². The second-order valence-corrected chi connectivity index (χ2v) is 12.4. The number of aryl methyl sites for hydroxylation is 2. The van der Waals surface area contributed by atoms with Gasteiger partial charge < -0.3 is 14.4 Å². The maximum absolute atomic E-state index is 13.0. The molecule has 0 aliphatic carbocycles. The van der Waals surface area contributed by atoms with E-state index in [9.17, 15) is 9.59 Å². The van der Waals surface area contributed by atoms with Crippen LogP contribution in [0.15, 0.2) is 78.0 Å². The molecule has 2 amide bonds. The van der Waals surface area contributed by atoms with Gasteiger partial charge in [0.05, 0.1) is 5.52 Å². The van der Waals surface area contributed by atoms with Crippen LogP contribution in [-0.4, -0.2) is 72.8 Å². The molecule has 1 aliphatic rings. The summed E-state index contributed by atoms with van der Waals surface area (Å²) < 4.78 is 2.21. The molecule has 1 fully saturated rings. The highest BCUT2D eigenvalue weighted by molar-refractivity contribution is 7.99. The molecule has 5 aromatic rings. The lowest BCUT2D eigenvalue weighted by atomic mass is 10.1. The third kappa shape index (κ3) is 6.27. The monoisotopic (exact) mass is 592 g/mol. The van der Waals surface area contributed by atoms with E-state index in [0.29, 0.717) is 49.7 Å². The van der Waals surface area contributed by atoms with Crippen LogP contribution in [0.25, 0.3) is 22.1 Å². The summed E-state index contributed by atoms with van der Waals surface area (Å²) in [5.74, 6) is 0.875. The number of hydrogen-bond acceptors (Lipinski definition) is 6. The number of aromatic nitrogens is 4. The van der Waals surface area contributed by atoms with Crippen molar-refractivity contribution in [2.24, 2.45) is 0 Å². The van der Waals surface area contributed by atoms with Crippen LogP contribution in [0.4, 0.5) is 0 Å². The first-order valence-corrected chi connectivity index (χ1v) is 15.8. The van der Waals surface area contributed by atoms with E-state index in [1.165, 1.54) is 22.9 Å². The zero-order valence-electron chi connectivity index (χ0n) is 24.9. The number of para-hydroxylation sites is 1. The number of amides is 2. The second kappa shape index (κ2) is 12.6. The number of piperazine rings is 1. The molecular weight excluding hydrogens is 556 g/mol. The van der Waals surface area contributed by atoms with Gasteiger partial charge in [-0.2, -0.15) is 0 Å². The number of carbonyl (C=O) groups is 2. The van der Waals surface area contributed by atoms with Gasteiger partial charge in [-0.25, -0.2) is 4.98 Å². The van der Waals surface area contributed by atoms with Crippen LogP contribution < -0.4 is 0 Å². The number of thioether (sulfide) groups is 1. The second-order valence-electron chi connectivity index (χ2n) is 11.4. The molecule has 3 heterocycles. The Morgan fingerprint density at radius 3 is 2.53 bits per heavy atom. The van der Waals surface area contributed by atoms with E-state index >= 15 is 0 Å². The molecular formula is C34H36N6O2S. The number of carbonyl (C=O) groups excluding carboxylic acids is 2. The van der Waals surface area contributed by atoms with Gasteiger partial charge in [0, 0.05) is 55.3 Å². The lowest BCUT2D eigenvalue weighted by Crippen LogP contribution is -2.55. The molecule has 2 aromatic heterocycles. The highest BCUT2D eigenvalue weighted by atomic mass is 32.2. The smallest absolute Gasteiger partial charge is 0.254 e. The Bertz CT molecular complexity index is 1780. The predicted octanol–water partition coefficient (Wildman–Crippen LogP) is 5.89. The Morgan fingerprint density at radius 1 is 0.930 bits per heavy atom. The number of fused-ring (bicyclic) bond motifs is 3. The Hall–Kier alpha value is -4.24. The highest BCUT2D eigenvalue weighted by Gasteiger charge is 2.30. The average Bonchev–Trinajstić information content (AvgIpc) is 3.32. The lowest BCUT2D eigenvalue weighted by Gasteiger charge is -2.40. The van der Waals surface area contributed by atoms with E-state index in [1.807, 2.05) is 60.0 Å². The summed E-state index contributed by atoms with van der Waals surface area (Å²) in [6.45, 7) is 8.49. The van der Waals surface area contributed by atoms with E-state index < -0.39 is 0 Å². The summed E-state index contributed by atoms with van der Waals surface area (Å²) in [5.41, 5.74) is 6.97. The van der Waals surface area contributed by atoms with Gasteiger partial charge in [-0.05, 0) is 51.0 Å². The largest absolute Gasteiger partial charge is 0.339 e. The average molecular weight is 593 g/mol. The minimum absolute atomic E-state index is 0.0273. The van der Waals surface area contributed by atoms with Crippen LogP contribution >= 0.6 is 11.8 Å². The quantitative estimate of drug-likeness (QED) is 0.165. The van der Waals surface area contributed by atoms with Crippen molar-refractivity contribution < 1.29 is 9.59 Å². The first kappa shape index (κ1) is 28.9. The SMILES string of the molecule is Cc1ccc(C(=O)N2CCN(C(=O)CCCSc3nnc4c5ccccc5n(Cc5cccc(C)c5)c4n3)CC2C)cc1. The van der Waals surface area contributed by atoms with Gasteiger partial charge in [0.25, 0.3) is 5.91 Å². The minimum Gasteiger partial charge on any atom is -0.339 e. The van der Waals surface area contributed by atoms with E-state index in [0.717, 1.165) is 33.4 Å².